The van der Waals surface area contributed by atoms with Gasteiger partial charge in [0.15, 0.2) is 5.13 Å². The first kappa shape index (κ1) is 16.0. The number of benzene rings is 1. The number of thiazole rings is 1. The molecule has 8 heteroatoms. The second-order valence-electron chi connectivity index (χ2n) is 5.12. The van der Waals surface area contributed by atoms with Crippen LogP contribution in [0, 0.1) is 22.0 Å². The monoisotopic (exact) mass is 342 g/mol. The van der Waals surface area contributed by atoms with E-state index < -0.39 is 4.92 Å². The Morgan fingerprint density at radius 1 is 1.25 bits per heavy atom. The highest BCUT2D eigenvalue weighted by Crippen LogP contribution is 2.19. The Bertz CT molecular complexity index is 802. The standard InChI is InChI=1S/C16H14N4O3S/c21-15(6-5-13-3-1-2-4-14(13)20(22)23)18-8-10-19(11-9-18)16-17-7-12-24-16/h1-4,7,12H,8-11H2. The lowest BCUT2D eigenvalue weighted by molar-refractivity contribution is -0.385. The second-order valence-corrected chi connectivity index (χ2v) is 5.99. The Morgan fingerprint density at radius 3 is 2.67 bits per heavy atom. The molecule has 1 aromatic heterocycles. The summed E-state index contributed by atoms with van der Waals surface area (Å²) in [4.78, 5) is 30.7. The predicted octanol–water partition coefficient (Wildman–Crippen LogP) is 1.75. The number of rotatable bonds is 2. The smallest absolute Gasteiger partial charge is 0.298 e. The summed E-state index contributed by atoms with van der Waals surface area (Å²) < 4.78 is 0. The van der Waals surface area contributed by atoms with E-state index in [1.807, 2.05) is 5.38 Å². The molecule has 24 heavy (non-hydrogen) atoms. The summed E-state index contributed by atoms with van der Waals surface area (Å²) in [6.07, 6.45) is 1.76. The van der Waals surface area contributed by atoms with Gasteiger partial charge in [-0.2, -0.15) is 0 Å². The molecule has 0 unspecified atom stereocenters. The summed E-state index contributed by atoms with van der Waals surface area (Å²) in [6, 6.07) is 6.15. The molecule has 7 nitrogen and oxygen atoms in total. The Morgan fingerprint density at radius 2 is 2.00 bits per heavy atom. The van der Waals surface area contributed by atoms with Crippen LogP contribution < -0.4 is 4.90 Å². The molecule has 2 heterocycles. The fourth-order valence-corrected chi connectivity index (χ4v) is 3.11. The number of nitro groups is 1. The highest BCUT2D eigenvalue weighted by molar-refractivity contribution is 7.13. The molecular weight excluding hydrogens is 328 g/mol. The van der Waals surface area contributed by atoms with Crippen LogP contribution >= 0.6 is 11.3 Å². The number of anilines is 1. The molecule has 0 spiro atoms. The van der Waals surface area contributed by atoms with E-state index >= 15 is 0 Å². The van der Waals surface area contributed by atoms with Crippen LogP contribution in [0.3, 0.4) is 0 Å². The Labute approximate surface area is 142 Å². The third-order valence-electron chi connectivity index (χ3n) is 3.66. The fourth-order valence-electron chi connectivity index (χ4n) is 2.41. The van der Waals surface area contributed by atoms with E-state index in [1.165, 1.54) is 6.07 Å². The average Bonchev–Trinajstić information content (AvgIpc) is 3.14. The van der Waals surface area contributed by atoms with Gasteiger partial charge in [-0.1, -0.05) is 12.1 Å². The van der Waals surface area contributed by atoms with Crippen molar-refractivity contribution in [2.45, 2.75) is 0 Å². The molecule has 1 saturated heterocycles. The van der Waals surface area contributed by atoms with E-state index in [2.05, 4.69) is 21.7 Å². The van der Waals surface area contributed by atoms with E-state index in [9.17, 15) is 14.9 Å². The van der Waals surface area contributed by atoms with Crippen molar-refractivity contribution in [3.05, 3.63) is 51.5 Å². The zero-order chi connectivity index (χ0) is 16.9. The summed E-state index contributed by atoms with van der Waals surface area (Å²) in [5.41, 5.74) is 0.156. The highest BCUT2D eigenvalue weighted by atomic mass is 32.1. The fraction of sp³-hybridized carbons (Fsp3) is 0.250. The maximum Gasteiger partial charge on any atom is 0.298 e. The average molecular weight is 342 g/mol. The van der Waals surface area contributed by atoms with E-state index in [-0.39, 0.29) is 17.2 Å². The van der Waals surface area contributed by atoms with Gasteiger partial charge < -0.3 is 9.80 Å². The minimum atomic E-state index is -0.499. The van der Waals surface area contributed by atoms with Gasteiger partial charge in [-0.3, -0.25) is 14.9 Å². The van der Waals surface area contributed by atoms with Gasteiger partial charge in [0.05, 0.1) is 4.92 Å². The molecule has 1 fully saturated rings. The topological polar surface area (TPSA) is 79.6 Å². The van der Waals surface area contributed by atoms with Gasteiger partial charge >= 0.3 is 0 Å². The molecule has 0 aliphatic carbocycles. The zero-order valence-corrected chi connectivity index (χ0v) is 13.5. The van der Waals surface area contributed by atoms with Crippen molar-refractivity contribution in [3.8, 4) is 11.8 Å². The SMILES string of the molecule is O=C(C#Cc1ccccc1[N+](=O)[O-])N1CCN(c2nccs2)CC1. The highest BCUT2D eigenvalue weighted by Gasteiger charge is 2.21. The number of carbonyl (C=O) groups is 1. The van der Waals surface area contributed by atoms with Crippen molar-refractivity contribution in [2.75, 3.05) is 31.1 Å². The van der Waals surface area contributed by atoms with Crippen LogP contribution in [-0.2, 0) is 4.79 Å². The molecule has 122 valence electrons. The molecule has 1 aliphatic heterocycles. The molecule has 3 rings (SSSR count). The molecule has 1 aliphatic rings. The van der Waals surface area contributed by atoms with Crippen LogP contribution in [0.15, 0.2) is 35.8 Å². The minimum absolute atomic E-state index is 0.0913. The molecule has 1 amide bonds. The zero-order valence-electron chi connectivity index (χ0n) is 12.7. The predicted molar refractivity (Wildman–Crippen MR) is 90.9 cm³/mol. The van der Waals surface area contributed by atoms with Gasteiger partial charge in [0, 0.05) is 49.7 Å². The van der Waals surface area contributed by atoms with Gasteiger partial charge in [-0.15, -0.1) is 11.3 Å². The quantitative estimate of drug-likeness (QED) is 0.472. The lowest BCUT2D eigenvalue weighted by Crippen LogP contribution is -2.48. The van der Waals surface area contributed by atoms with Crippen molar-refractivity contribution in [2.24, 2.45) is 0 Å². The van der Waals surface area contributed by atoms with Gasteiger partial charge in [0.25, 0.3) is 11.6 Å². The largest absolute Gasteiger partial charge is 0.345 e. The van der Waals surface area contributed by atoms with Gasteiger partial charge in [0.2, 0.25) is 0 Å². The minimum Gasteiger partial charge on any atom is -0.345 e. The van der Waals surface area contributed by atoms with Gasteiger partial charge in [-0.25, -0.2) is 4.98 Å². The summed E-state index contributed by atoms with van der Waals surface area (Å²) in [5.74, 6) is 4.83. The van der Waals surface area contributed by atoms with Crippen molar-refractivity contribution < 1.29 is 9.72 Å². The lowest BCUT2D eigenvalue weighted by Gasteiger charge is -2.33. The number of para-hydroxylation sites is 1. The number of piperazine rings is 1. The molecule has 0 saturated carbocycles. The first-order chi connectivity index (χ1) is 11.6. The number of nitrogens with zero attached hydrogens (tertiary/aromatic N) is 4. The second kappa shape index (κ2) is 7.10. The van der Waals surface area contributed by atoms with Crippen LogP contribution in [-0.4, -0.2) is 46.9 Å². The van der Waals surface area contributed by atoms with Crippen molar-refractivity contribution in [1.29, 1.82) is 0 Å². The van der Waals surface area contributed by atoms with E-state index in [0.717, 1.165) is 5.13 Å². The van der Waals surface area contributed by atoms with E-state index in [1.54, 1.807) is 40.6 Å². The van der Waals surface area contributed by atoms with Gasteiger partial charge in [-0.05, 0) is 12.0 Å². The first-order valence-corrected chi connectivity index (χ1v) is 8.22. The molecule has 2 aromatic rings. The Balaban J connectivity index is 1.64. The molecule has 1 aromatic carbocycles. The first-order valence-electron chi connectivity index (χ1n) is 7.34. The molecule has 0 bridgehead atoms. The maximum atomic E-state index is 12.2. The van der Waals surface area contributed by atoms with Crippen molar-refractivity contribution in [3.63, 3.8) is 0 Å². The molecule has 0 atom stereocenters. The molecule has 0 N–H and O–H groups in total. The Kier molecular flexibility index (Phi) is 4.72. The van der Waals surface area contributed by atoms with Crippen LogP contribution in [0.25, 0.3) is 0 Å². The third kappa shape index (κ3) is 3.52. The number of aromatic nitrogens is 1. The number of carbonyl (C=O) groups excluding carboxylic acids is 1. The summed E-state index contributed by atoms with van der Waals surface area (Å²) in [6.45, 7) is 2.52. The summed E-state index contributed by atoms with van der Waals surface area (Å²) in [5, 5.41) is 13.8. The van der Waals surface area contributed by atoms with E-state index in [4.69, 9.17) is 0 Å². The Hall–Kier alpha value is -2.92. The molecular formula is C16H14N4O3S. The van der Waals surface area contributed by atoms with Crippen molar-refractivity contribution >= 4 is 28.1 Å². The number of hydrogen-bond donors (Lipinski definition) is 0. The van der Waals surface area contributed by atoms with Crippen LogP contribution in [0.1, 0.15) is 5.56 Å². The number of nitro benzene ring substituents is 1. The van der Waals surface area contributed by atoms with E-state index in [0.29, 0.717) is 26.2 Å². The maximum absolute atomic E-state index is 12.2. The van der Waals surface area contributed by atoms with Gasteiger partial charge in [0.1, 0.15) is 5.56 Å². The number of hydrogen-bond acceptors (Lipinski definition) is 6. The summed E-state index contributed by atoms with van der Waals surface area (Å²) >= 11 is 1.57. The van der Waals surface area contributed by atoms with Crippen molar-refractivity contribution in [1.82, 2.24) is 9.88 Å². The normalized spacial score (nSPS) is 14.0. The summed E-state index contributed by atoms with van der Waals surface area (Å²) in [7, 11) is 0. The molecule has 0 radical (unpaired) electrons. The van der Waals surface area contributed by atoms with Crippen LogP contribution in [0.5, 0.6) is 0 Å². The number of amides is 1. The van der Waals surface area contributed by atoms with Crippen LogP contribution in [0.2, 0.25) is 0 Å². The van der Waals surface area contributed by atoms with Crippen LogP contribution in [0.4, 0.5) is 10.8 Å². The third-order valence-corrected chi connectivity index (χ3v) is 4.49. The lowest BCUT2D eigenvalue weighted by atomic mass is 10.2.